The van der Waals surface area contributed by atoms with Gasteiger partial charge in [0.25, 0.3) is 5.91 Å². The average molecular weight is 323 g/mol. The Kier molecular flexibility index (Phi) is 4.65. The molecule has 3 rings (SSSR count). The van der Waals surface area contributed by atoms with Gasteiger partial charge in [0.15, 0.2) is 0 Å². The number of imide groups is 1. The van der Waals surface area contributed by atoms with Crippen molar-refractivity contribution in [3.05, 3.63) is 0 Å². The number of piperidine rings is 1. The number of carbonyl (C=O) groups excluding carboxylic acids is 2. The van der Waals surface area contributed by atoms with E-state index in [-0.39, 0.29) is 24.1 Å². The summed E-state index contributed by atoms with van der Waals surface area (Å²) in [6, 6.07) is 0.0104. The smallest absolute Gasteiger partial charge is 0.327 e. The maximum Gasteiger partial charge on any atom is 0.327 e. The predicted molar refractivity (Wildman–Crippen MR) is 87.1 cm³/mol. The summed E-state index contributed by atoms with van der Waals surface area (Å²) in [7, 11) is 0. The normalized spacial score (nSPS) is 29.9. The van der Waals surface area contributed by atoms with E-state index >= 15 is 0 Å². The molecular formula is C17H29N3O3. The van der Waals surface area contributed by atoms with Crippen LogP contribution in [0.2, 0.25) is 0 Å². The molecule has 130 valence electrons. The first-order valence-corrected chi connectivity index (χ1v) is 8.92. The summed E-state index contributed by atoms with van der Waals surface area (Å²) in [4.78, 5) is 31.1. The van der Waals surface area contributed by atoms with E-state index in [4.69, 9.17) is 4.74 Å². The molecule has 0 bridgehead atoms. The molecule has 0 saturated carbocycles. The van der Waals surface area contributed by atoms with E-state index in [1.54, 1.807) is 9.80 Å². The fourth-order valence-electron chi connectivity index (χ4n) is 4.11. The van der Waals surface area contributed by atoms with Gasteiger partial charge in [-0.1, -0.05) is 0 Å². The minimum absolute atomic E-state index is 0.0293. The van der Waals surface area contributed by atoms with Gasteiger partial charge < -0.3 is 14.5 Å². The van der Waals surface area contributed by atoms with Crippen molar-refractivity contribution in [2.24, 2.45) is 0 Å². The highest BCUT2D eigenvalue weighted by Gasteiger charge is 2.57. The summed E-state index contributed by atoms with van der Waals surface area (Å²) < 4.78 is 5.60. The first-order chi connectivity index (χ1) is 10.9. The number of fused-ring (bicyclic) bond motifs is 1. The number of ether oxygens (including phenoxy) is 1. The van der Waals surface area contributed by atoms with Crippen molar-refractivity contribution in [2.75, 3.05) is 32.8 Å². The highest BCUT2D eigenvalue weighted by Crippen LogP contribution is 2.39. The molecule has 0 spiro atoms. The third-order valence-corrected chi connectivity index (χ3v) is 5.54. The molecule has 0 unspecified atom stereocenters. The Hall–Kier alpha value is -1.14. The second-order valence-electron chi connectivity index (χ2n) is 7.48. The van der Waals surface area contributed by atoms with Gasteiger partial charge in [0, 0.05) is 32.2 Å². The molecule has 6 heteroatoms. The van der Waals surface area contributed by atoms with Crippen molar-refractivity contribution in [2.45, 2.75) is 64.1 Å². The second kappa shape index (κ2) is 6.40. The van der Waals surface area contributed by atoms with E-state index in [0.29, 0.717) is 0 Å². The molecule has 1 atom stereocenters. The van der Waals surface area contributed by atoms with Crippen LogP contribution in [0.15, 0.2) is 0 Å². The lowest BCUT2D eigenvalue weighted by Crippen LogP contribution is -2.49. The molecule has 3 fully saturated rings. The molecule has 3 saturated heterocycles. The molecule has 0 N–H and O–H groups in total. The fraction of sp³-hybridized carbons (Fsp3) is 0.882. The van der Waals surface area contributed by atoms with Crippen LogP contribution >= 0.6 is 0 Å². The number of rotatable bonds is 5. The monoisotopic (exact) mass is 323 g/mol. The Bertz CT molecular complexity index is 474. The van der Waals surface area contributed by atoms with Gasteiger partial charge in [-0.15, -0.1) is 0 Å². The SMILES string of the molecule is CC(C)OCCN1CCC(N2C(=O)N3CCC[C@@]3(C)C2=O)CC1. The summed E-state index contributed by atoms with van der Waals surface area (Å²) >= 11 is 0. The van der Waals surface area contributed by atoms with Crippen LogP contribution in [0, 0.1) is 0 Å². The summed E-state index contributed by atoms with van der Waals surface area (Å²) in [5.41, 5.74) is -0.570. The maximum atomic E-state index is 12.8. The largest absolute Gasteiger partial charge is 0.377 e. The standard InChI is InChI=1S/C17H29N3O3/c1-13(2)23-12-11-18-9-5-14(6-10-18)20-15(21)17(3)7-4-8-19(17)16(20)22/h13-14H,4-12H2,1-3H3/t17-/m0/s1. The molecule has 0 radical (unpaired) electrons. The molecule has 0 aromatic heterocycles. The molecule has 0 aromatic rings. The number of hydrogen-bond donors (Lipinski definition) is 0. The van der Waals surface area contributed by atoms with E-state index in [0.717, 1.165) is 58.5 Å². The van der Waals surface area contributed by atoms with Gasteiger partial charge in [0.1, 0.15) is 5.54 Å². The Labute approximate surface area is 138 Å². The minimum Gasteiger partial charge on any atom is -0.377 e. The lowest BCUT2D eigenvalue weighted by Gasteiger charge is -2.35. The van der Waals surface area contributed by atoms with Crippen LogP contribution in [0.5, 0.6) is 0 Å². The van der Waals surface area contributed by atoms with Crippen molar-refractivity contribution in [3.63, 3.8) is 0 Å². The van der Waals surface area contributed by atoms with Gasteiger partial charge in [-0.3, -0.25) is 9.69 Å². The van der Waals surface area contributed by atoms with Gasteiger partial charge in [-0.2, -0.15) is 0 Å². The lowest BCUT2D eigenvalue weighted by atomic mass is 9.97. The van der Waals surface area contributed by atoms with Crippen LogP contribution in [-0.2, 0) is 9.53 Å². The number of amides is 3. The quantitative estimate of drug-likeness (QED) is 0.723. The Balaban J connectivity index is 1.54. The van der Waals surface area contributed by atoms with E-state index in [2.05, 4.69) is 4.90 Å². The lowest BCUT2D eigenvalue weighted by molar-refractivity contribution is -0.134. The molecule has 6 nitrogen and oxygen atoms in total. The summed E-state index contributed by atoms with van der Waals surface area (Å²) in [5.74, 6) is 0.0293. The number of hydrogen-bond acceptors (Lipinski definition) is 4. The van der Waals surface area contributed by atoms with Crippen LogP contribution in [0.1, 0.15) is 46.5 Å². The summed E-state index contributed by atoms with van der Waals surface area (Å²) in [5, 5.41) is 0. The average Bonchev–Trinajstić information content (AvgIpc) is 2.98. The zero-order valence-electron chi connectivity index (χ0n) is 14.6. The first-order valence-electron chi connectivity index (χ1n) is 8.92. The fourth-order valence-corrected chi connectivity index (χ4v) is 4.11. The Morgan fingerprint density at radius 2 is 1.91 bits per heavy atom. The van der Waals surface area contributed by atoms with Crippen molar-refractivity contribution in [3.8, 4) is 0 Å². The van der Waals surface area contributed by atoms with Crippen LogP contribution in [-0.4, -0.2) is 77.1 Å². The second-order valence-corrected chi connectivity index (χ2v) is 7.48. The third kappa shape index (κ3) is 2.98. The van der Waals surface area contributed by atoms with Crippen LogP contribution in [0.4, 0.5) is 4.79 Å². The molecule has 3 aliphatic heterocycles. The van der Waals surface area contributed by atoms with Crippen molar-refractivity contribution in [1.82, 2.24) is 14.7 Å². The highest BCUT2D eigenvalue weighted by atomic mass is 16.5. The van der Waals surface area contributed by atoms with E-state index < -0.39 is 5.54 Å². The zero-order chi connectivity index (χ0) is 16.6. The van der Waals surface area contributed by atoms with Crippen molar-refractivity contribution in [1.29, 1.82) is 0 Å². The molecule has 23 heavy (non-hydrogen) atoms. The van der Waals surface area contributed by atoms with Crippen molar-refractivity contribution >= 4 is 11.9 Å². The van der Waals surface area contributed by atoms with E-state index in [1.807, 2.05) is 20.8 Å². The van der Waals surface area contributed by atoms with E-state index in [9.17, 15) is 9.59 Å². The number of carbonyl (C=O) groups is 2. The number of urea groups is 1. The van der Waals surface area contributed by atoms with Crippen molar-refractivity contribution < 1.29 is 14.3 Å². The molecule has 3 aliphatic rings. The molecular weight excluding hydrogens is 294 g/mol. The zero-order valence-corrected chi connectivity index (χ0v) is 14.6. The van der Waals surface area contributed by atoms with Crippen LogP contribution in [0.25, 0.3) is 0 Å². The first kappa shape index (κ1) is 16.7. The van der Waals surface area contributed by atoms with Gasteiger partial charge >= 0.3 is 6.03 Å². The topological polar surface area (TPSA) is 53.1 Å². The minimum atomic E-state index is -0.570. The van der Waals surface area contributed by atoms with Gasteiger partial charge in [0.2, 0.25) is 0 Å². The van der Waals surface area contributed by atoms with E-state index in [1.165, 1.54) is 0 Å². The molecule has 0 aromatic carbocycles. The number of likely N-dealkylation sites (tertiary alicyclic amines) is 1. The molecule has 0 aliphatic carbocycles. The van der Waals surface area contributed by atoms with Gasteiger partial charge in [-0.05, 0) is 46.5 Å². The Morgan fingerprint density at radius 3 is 2.52 bits per heavy atom. The molecule has 3 amide bonds. The summed E-state index contributed by atoms with van der Waals surface area (Å²) in [6.45, 7) is 10.3. The molecule has 3 heterocycles. The maximum absolute atomic E-state index is 12.8. The number of nitrogens with zero attached hydrogens (tertiary/aromatic N) is 3. The summed E-state index contributed by atoms with van der Waals surface area (Å²) in [6.07, 6.45) is 3.77. The van der Waals surface area contributed by atoms with Gasteiger partial charge in [-0.25, -0.2) is 4.79 Å². The van der Waals surface area contributed by atoms with Crippen LogP contribution < -0.4 is 0 Å². The van der Waals surface area contributed by atoms with Gasteiger partial charge in [0.05, 0.1) is 12.7 Å². The predicted octanol–water partition coefficient (Wildman–Crippen LogP) is 1.69. The van der Waals surface area contributed by atoms with Crippen LogP contribution in [0.3, 0.4) is 0 Å². The highest BCUT2D eigenvalue weighted by molar-refractivity contribution is 6.07. The third-order valence-electron chi connectivity index (χ3n) is 5.54. The Morgan fingerprint density at radius 1 is 1.22 bits per heavy atom.